The number of benzene rings is 2. The molecule has 2 atom stereocenters. The van der Waals surface area contributed by atoms with E-state index in [9.17, 15) is 27.2 Å². The zero-order chi connectivity index (χ0) is 37.2. The number of aromatic amines is 2. The third-order valence-corrected chi connectivity index (χ3v) is 10.2. The third kappa shape index (κ3) is 8.78. The summed E-state index contributed by atoms with van der Waals surface area (Å²) in [6.07, 6.45) is -0.393. The highest BCUT2D eigenvalue weighted by Crippen LogP contribution is 2.38. The van der Waals surface area contributed by atoms with Gasteiger partial charge >= 0.3 is 0 Å². The molecule has 2 fully saturated rings. The van der Waals surface area contributed by atoms with Gasteiger partial charge in [-0.1, -0.05) is 39.5 Å². The maximum Gasteiger partial charge on any atom is 0.248 e. The summed E-state index contributed by atoms with van der Waals surface area (Å²) in [6.45, 7) is 7.89. The van der Waals surface area contributed by atoms with Crippen LogP contribution in [0.25, 0.3) is 22.1 Å². The summed E-state index contributed by atoms with van der Waals surface area (Å²) in [6, 6.07) is 10.3. The first-order valence-electron chi connectivity index (χ1n) is 18.0. The van der Waals surface area contributed by atoms with E-state index >= 15 is 0 Å². The lowest BCUT2D eigenvalue weighted by Crippen LogP contribution is -2.39. The van der Waals surface area contributed by atoms with Crippen LogP contribution in [0.1, 0.15) is 114 Å². The van der Waals surface area contributed by atoms with E-state index in [1.54, 1.807) is 0 Å². The maximum atomic E-state index is 13.6. The molecule has 2 saturated carbocycles. The SMILES string of the molecule is CC(C)[C@H](NC(=O)C1CCC(F)(F)CC1)c1nc2ccc(C#CC#Cc3ccc4nc([C@@H](NC(=O)C5CCC(F)(F)CC5)C(C)C)[nH]c4c3)cc2[nH]1. The number of rotatable bonds is 8. The van der Waals surface area contributed by atoms with Crippen LogP contribution in [-0.2, 0) is 9.59 Å². The first-order chi connectivity index (χ1) is 24.7. The predicted octanol–water partition coefficient (Wildman–Crippen LogP) is 8.12. The number of alkyl halides is 4. The van der Waals surface area contributed by atoms with Gasteiger partial charge in [-0.3, -0.25) is 9.59 Å². The Labute approximate surface area is 300 Å². The topological polar surface area (TPSA) is 116 Å². The fourth-order valence-corrected chi connectivity index (χ4v) is 6.96. The summed E-state index contributed by atoms with van der Waals surface area (Å²) in [5.74, 6) is 6.47. The van der Waals surface area contributed by atoms with E-state index in [0.29, 0.717) is 22.7 Å². The minimum atomic E-state index is -2.69. The highest BCUT2D eigenvalue weighted by Gasteiger charge is 2.39. The van der Waals surface area contributed by atoms with Crippen LogP contribution in [0, 0.1) is 47.4 Å². The Hall–Kier alpha value is -4.84. The van der Waals surface area contributed by atoms with Gasteiger partial charge in [0.15, 0.2) is 0 Å². The fraction of sp³-hybridized carbons (Fsp3) is 0.500. The molecule has 0 unspecified atom stereocenters. The van der Waals surface area contributed by atoms with Crippen molar-refractivity contribution in [2.75, 3.05) is 0 Å². The van der Waals surface area contributed by atoms with E-state index in [-0.39, 0.29) is 75.0 Å². The summed E-state index contributed by atoms with van der Waals surface area (Å²) < 4.78 is 54.5. The molecule has 8 nitrogen and oxygen atoms in total. The Morgan fingerprint density at radius 1 is 0.673 bits per heavy atom. The molecule has 2 aliphatic rings. The lowest BCUT2D eigenvalue weighted by Gasteiger charge is -2.29. The second-order valence-electron chi connectivity index (χ2n) is 14.9. The second kappa shape index (κ2) is 15.0. The van der Waals surface area contributed by atoms with Gasteiger partial charge in [0.25, 0.3) is 0 Å². The number of imidazole rings is 2. The summed E-state index contributed by atoms with van der Waals surface area (Å²) in [4.78, 5) is 42.0. The zero-order valence-corrected chi connectivity index (χ0v) is 29.8. The molecule has 4 aromatic rings. The summed E-state index contributed by atoms with van der Waals surface area (Å²) >= 11 is 0. The Bertz CT molecular complexity index is 1910. The number of aromatic nitrogens is 4. The smallest absolute Gasteiger partial charge is 0.248 e. The van der Waals surface area contributed by atoms with Gasteiger partial charge in [0.1, 0.15) is 11.6 Å². The lowest BCUT2D eigenvalue weighted by molar-refractivity contribution is -0.131. The van der Waals surface area contributed by atoms with E-state index in [1.165, 1.54) is 0 Å². The predicted molar refractivity (Wildman–Crippen MR) is 191 cm³/mol. The van der Waals surface area contributed by atoms with Gasteiger partial charge in [-0.2, -0.15) is 0 Å². The Kier molecular flexibility index (Phi) is 10.7. The third-order valence-electron chi connectivity index (χ3n) is 10.2. The van der Waals surface area contributed by atoms with E-state index in [1.807, 2.05) is 64.1 Å². The summed E-state index contributed by atoms with van der Waals surface area (Å²) in [5, 5.41) is 6.08. The standard InChI is InChI=1S/C40H44F4N6O2/c1-23(2)33(49-37(51)27-13-17-39(41,42)18-14-27)35-45-29-11-9-25(21-31(29)47-35)7-5-6-8-26-10-12-30-32(22-26)48-36(46-30)34(24(3)4)50-38(52)28-15-19-40(43,44)20-16-28/h9-12,21-24,27-28,33-34H,13-20H2,1-4H3,(H,45,47)(H,46,48)(H,49,51)(H,50,52)/t33-,34-/m0/s1. The largest absolute Gasteiger partial charge is 0.346 e. The van der Waals surface area contributed by atoms with Crippen LogP contribution < -0.4 is 10.6 Å². The number of halogens is 4. The molecule has 12 heteroatoms. The molecule has 2 amide bonds. The Balaban J connectivity index is 1.11. The van der Waals surface area contributed by atoms with Crippen LogP contribution in [0.5, 0.6) is 0 Å². The average molecular weight is 717 g/mol. The fourth-order valence-electron chi connectivity index (χ4n) is 6.96. The molecule has 6 rings (SSSR count). The van der Waals surface area contributed by atoms with Crippen LogP contribution in [-0.4, -0.2) is 43.6 Å². The first-order valence-corrected chi connectivity index (χ1v) is 18.0. The Morgan fingerprint density at radius 2 is 1.04 bits per heavy atom. The van der Waals surface area contributed by atoms with Gasteiger partial charge < -0.3 is 20.6 Å². The molecule has 2 aromatic carbocycles. The van der Waals surface area contributed by atoms with Crippen molar-refractivity contribution < 1.29 is 27.2 Å². The first kappa shape index (κ1) is 36.9. The molecular formula is C40H44F4N6O2. The van der Waals surface area contributed by atoms with Crippen LogP contribution in [0.4, 0.5) is 17.6 Å². The van der Waals surface area contributed by atoms with Crippen molar-refractivity contribution in [3.8, 4) is 23.7 Å². The number of hydrogen-bond donors (Lipinski definition) is 4. The summed E-state index contributed by atoms with van der Waals surface area (Å²) in [7, 11) is 0. The molecule has 0 aliphatic heterocycles. The van der Waals surface area contributed by atoms with Gasteiger partial charge in [-0.25, -0.2) is 27.5 Å². The van der Waals surface area contributed by atoms with Crippen molar-refractivity contribution in [3.05, 3.63) is 59.2 Å². The van der Waals surface area contributed by atoms with Gasteiger partial charge in [-0.15, -0.1) is 0 Å². The normalized spacial score (nSPS) is 18.7. The number of carbonyl (C=O) groups excluding carboxylic acids is 2. The highest BCUT2D eigenvalue weighted by atomic mass is 19.3. The van der Waals surface area contributed by atoms with Gasteiger partial charge in [0.05, 0.1) is 34.2 Å². The number of nitrogens with zero attached hydrogens (tertiary/aromatic N) is 2. The van der Waals surface area contributed by atoms with Crippen molar-refractivity contribution in [2.45, 2.75) is 103 Å². The molecular weight excluding hydrogens is 672 g/mol. The average Bonchev–Trinajstić information content (AvgIpc) is 3.71. The lowest BCUT2D eigenvalue weighted by atomic mass is 9.86. The minimum Gasteiger partial charge on any atom is -0.346 e. The molecule has 4 N–H and O–H groups in total. The molecule has 52 heavy (non-hydrogen) atoms. The quantitative estimate of drug-likeness (QED) is 0.109. The Morgan fingerprint density at radius 3 is 1.38 bits per heavy atom. The molecule has 2 aliphatic carbocycles. The number of fused-ring (bicyclic) bond motifs is 2. The molecule has 2 aromatic heterocycles. The number of nitrogens with one attached hydrogen (secondary N) is 4. The van der Waals surface area contributed by atoms with Crippen molar-refractivity contribution in [1.29, 1.82) is 0 Å². The summed E-state index contributed by atoms with van der Waals surface area (Å²) in [5.41, 5.74) is 4.39. The second-order valence-corrected chi connectivity index (χ2v) is 14.9. The van der Waals surface area contributed by atoms with E-state index in [2.05, 4.69) is 44.3 Å². The zero-order valence-electron chi connectivity index (χ0n) is 29.8. The molecule has 0 bridgehead atoms. The minimum absolute atomic E-state index is 0.0147. The highest BCUT2D eigenvalue weighted by molar-refractivity contribution is 5.81. The van der Waals surface area contributed by atoms with Gasteiger partial charge in [0.2, 0.25) is 23.7 Å². The number of carbonyl (C=O) groups is 2. The number of H-pyrrole nitrogens is 2. The molecule has 0 saturated heterocycles. The van der Waals surface area contributed by atoms with Crippen molar-refractivity contribution >= 4 is 33.9 Å². The van der Waals surface area contributed by atoms with Crippen molar-refractivity contribution in [1.82, 2.24) is 30.6 Å². The van der Waals surface area contributed by atoms with Gasteiger partial charge in [0, 0.05) is 48.6 Å². The van der Waals surface area contributed by atoms with Gasteiger partial charge in [-0.05, 0) is 85.8 Å². The molecule has 274 valence electrons. The van der Waals surface area contributed by atoms with E-state index in [0.717, 1.165) is 22.2 Å². The number of amides is 2. The van der Waals surface area contributed by atoms with Crippen molar-refractivity contribution in [3.63, 3.8) is 0 Å². The van der Waals surface area contributed by atoms with Crippen LogP contribution in [0.3, 0.4) is 0 Å². The maximum absolute atomic E-state index is 13.6. The van der Waals surface area contributed by atoms with Crippen molar-refractivity contribution in [2.24, 2.45) is 23.7 Å². The molecule has 0 radical (unpaired) electrons. The molecule has 0 spiro atoms. The number of hydrogen-bond acceptors (Lipinski definition) is 4. The van der Waals surface area contributed by atoms with Crippen LogP contribution in [0.15, 0.2) is 36.4 Å². The van der Waals surface area contributed by atoms with E-state index in [4.69, 9.17) is 9.97 Å². The van der Waals surface area contributed by atoms with Crippen LogP contribution in [0.2, 0.25) is 0 Å². The molecule has 2 heterocycles. The monoisotopic (exact) mass is 716 g/mol. The van der Waals surface area contributed by atoms with E-state index < -0.39 is 35.8 Å². The van der Waals surface area contributed by atoms with Crippen LogP contribution >= 0.6 is 0 Å².